The monoisotopic (exact) mass is 412 g/mol. The van der Waals surface area contributed by atoms with E-state index in [0.717, 1.165) is 5.56 Å². The molecule has 1 aromatic carbocycles. The van der Waals surface area contributed by atoms with Crippen LogP contribution in [0.15, 0.2) is 30.4 Å². The number of hydrogen-bond acceptors (Lipinski definition) is 7. The summed E-state index contributed by atoms with van der Waals surface area (Å²) in [5.74, 6) is 1.59. The highest BCUT2D eigenvalue weighted by molar-refractivity contribution is 5.87. The Morgan fingerprint density at radius 2 is 1.62 bits per heavy atom. The van der Waals surface area contributed by atoms with E-state index in [1.807, 2.05) is 39.0 Å². The van der Waals surface area contributed by atoms with Crippen LogP contribution < -0.4 is 19.5 Å². The van der Waals surface area contributed by atoms with Gasteiger partial charge in [0.2, 0.25) is 11.7 Å². The number of amides is 1. The minimum atomic E-state index is -1.50. The Morgan fingerprint density at radius 3 is 2.07 bits per heavy atom. The van der Waals surface area contributed by atoms with E-state index in [2.05, 4.69) is 5.32 Å². The lowest BCUT2D eigenvalue weighted by atomic mass is 10.1. The normalized spacial score (nSPS) is 10.3. The third-order valence-electron chi connectivity index (χ3n) is 2.99. The highest BCUT2D eigenvalue weighted by Gasteiger charge is 2.13. The topological polar surface area (TPSA) is 140 Å². The number of nitrogens with zero attached hydrogens (tertiary/aromatic N) is 1. The Bertz CT molecular complexity index is 658. The van der Waals surface area contributed by atoms with E-state index >= 15 is 0 Å². The van der Waals surface area contributed by atoms with E-state index in [4.69, 9.17) is 34.6 Å². The number of allylic oxidation sites excluding steroid dienone is 2. The lowest BCUT2D eigenvalue weighted by Crippen LogP contribution is -2.24. The number of nitrogens with one attached hydrogen (secondary N) is 1. The Morgan fingerprint density at radius 1 is 1.10 bits per heavy atom. The first-order valence-corrected chi connectivity index (χ1v) is 9.02. The quantitative estimate of drug-likeness (QED) is 0.217. The van der Waals surface area contributed by atoms with Crippen LogP contribution in [-0.4, -0.2) is 54.3 Å². The van der Waals surface area contributed by atoms with Gasteiger partial charge in [-0.25, -0.2) is 0 Å². The third-order valence-corrected chi connectivity index (χ3v) is 2.99. The first-order valence-electron chi connectivity index (χ1n) is 9.02. The predicted molar refractivity (Wildman–Crippen MR) is 107 cm³/mol. The van der Waals surface area contributed by atoms with Gasteiger partial charge in [0.25, 0.3) is 5.09 Å². The molecule has 162 valence electrons. The Labute approximate surface area is 169 Å². The average Bonchev–Trinajstić information content (AvgIpc) is 2.66. The predicted octanol–water partition coefficient (Wildman–Crippen LogP) is 2.21. The molecule has 0 saturated heterocycles. The van der Waals surface area contributed by atoms with Crippen LogP contribution in [0.5, 0.6) is 17.2 Å². The maximum absolute atomic E-state index is 11.4. The fraction of sp³-hybridized carbons (Fsp3) is 0.421. The summed E-state index contributed by atoms with van der Waals surface area (Å²) in [7, 11) is 0. The molecule has 0 bridgehead atoms. The fourth-order valence-corrected chi connectivity index (χ4v) is 2.05. The second-order valence-corrected chi connectivity index (χ2v) is 5.12. The van der Waals surface area contributed by atoms with Gasteiger partial charge >= 0.3 is 0 Å². The maximum Gasteiger partial charge on any atom is 0.291 e. The van der Waals surface area contributed by atoms with Crippen molar-refractivity contribution in [3.63, 3.8) is 0 Å². The Kier molecular flexibility index (Phi) is 14.0. The summed E-state index contributed by atoms with van der Waals surface area (Å²) in [5, 5.41) is 24.8. The van der Waals surface area contributed by atoms with Crippen LogP contribution in [0.3, 0.4) is 0 Å². The number of aliphatic hydroxyl groups excluding tert-OH is 1. The summed E-state index contributed by atoms with van der Waals surface area (Å²) in [6.07, 6.45) is 6.62. The Balaban J connectivity index is 0.00000178. The fourth-order valence-electron chi connectivity index (χ4n) is 2.05. The molecule has 10 heteroatoms. The summed E-state index contributed by atoms with van der Waals surface area (Å²) in [4.78, 5) is 19.8. The number of ether oxygens (including phenoxy) is 3. The van der Waals surface area contributed by atoms with Gasteiger partial charge < -0.3 is 29.8 Å². The molecule has 1 amide bonds. The average molecular weight is 412 g/mol. The minimum absolute atomic E-state index is 0.0813. The molecular weight excluding hydrogens is 384 g/mol. The van der Waals surface area contributed by atoms with Crippen LogP contribution in [0, 0.1) is 10.1 Å². The van der Waals surface area contributed by atoms with Crippen LogP contribution in [0.25, 0.3) is 6.08 Å². The minimum Gasteiger partial charge on any atom is -0.490 e. The van der Waals surface area contributed by atoms with Crippen LogP contribution in [0.2, 0.25) is 0 Å². The molecule has 0 aromatic heterocycles. The van der Waals surface area contributed by atoms with Gasteiger partial charge in [0, 0.05) is 12.6 Å². The molecule has 0 spiro atoms. The molecule has 10 nitrogen and oxygen atoms in total. The zero-order valence-electron chi connectivity index (χ0n) is 16.8. The highest BCUT2D eigenvalue weighted by Crippen LogP contribution is 2.39. The van der Waals surface area contributed by atoms with Crippen LogP contribution >= 0.6 is 0 Å². The molecule has 0 fully saturated rings. The molecule has 0 aliphatic rings. The Hall–Kier alpha value is -3.27. The molecule has 0 unspecified atom stereocenters. The third kappa shape index (κ3) is 11.9. The van der Waals surface area contributed by atoms with Gasteiger partial charge in [-0.05, 0) is 38.5 Å². The van der Waals surface area contributed by atoms with Crippen molar-refractivity contribution in [2.75, 3.05) is 33.0 Å². The number of aliphatic hydroxyl groups is 1. The van der Waals surface area contributed by atoms with E-state index in [1.165, 1.54) is 6.08 Å². The molecule has 0 saturated carbocycles. The number of carbonyl (C=O) groups excluding carboxylic acids is 1. The highest BCUT2D eigenvalue weighted by atomic mass is 16.9. The number of rotatable bonds is 11. The second-order valence-electron chi connectivity index (χ2n) is 5.12. The maximum atomic E-state index is 11.4. The molecular formula is C19H28N2O8. The molecule has 29 heavy (non-hydrogen) atoms. The van der Waals surface area contributed by atoms with Crippen molar-refractivity contribution in [2.24, 2.45) is 0 Å². The van der Waals surface area contributed by atoms with Crippen molar-refractivity contribution in [2.45, 2.75) is 20.8 Å². The zero-order valence-corrected chi connectivity index (χ0v) is 16.8. The van der Waals surface area contributed by atoms with E-state index in [1.54, 1.807) is 12.2 Å². The zero-order chi connectivity index (χ0) is 22.1. The summed E-state index contributed by atoms with van der Waals surface area (Å²) >= 11 is 0. The molecule has 0 radical (unpaired) electrons. The standard InChI is InChI=1S/C19H27NO5.HNO3/c1-4-23-16-13-15(9-7-8-10-18(22)20-11-12-21)14-17(24-5-2)19(16)25-6-3;2-1(3)4/h7-10,13-14,21H,4-6,11-12H2,1-3H3,(H,20,22);(H,2,3,4)/b9-7+,10-8+;. The van der Waals surface area contributed by atoms with Gasteiger partial charge in [0.15, 0.2) is 11.5 Å². The molecule has 0 aliphatic carbocycles. The second kappa shape index (κ2) is 15.8. The number of benzene rings is 1. The van der Waals surface area contributed by atoms with E-state index in [0.29, 0.717) is 37.1 Å². The summed E-state index contributed by atoms with van der Waals surface area (Å²) in [5.41, 5.74) is 0.871. The van der Waals surface area contributed by atoms with Gasteiger partial charge in [-0.15, -0.1) is 10.1 Å². The van der Waals surface area contributed by atoms with Gasteiger partial charge in [-0.1, -0.05) is 18.2 Å². The largest absolute Gasteiger partial charge is 0.490 e. The molecule has 3 N–H and O–H groups in total. The molecule has 0 atom stereocenters. The van der Waals surface area contributed by atoms with Crippen molar-refractivity contribution >= 4 is 12.0 Å². The number of carbonyl (C=O) groups is 1. The van der Waals surface area contributed by atoms with Gasteiger partial charge in [0.05, 0.1) is 26.4 Å². The van der Waals surface area contributed by atoms with E-state index in [-0.39, 0.29) is 19.1 Å². The van der Waals surface area contributed by atoms with Crippen molar-refractivity contribution in [1.82, 2.24) is 5.32 Å². The van der Waals surface area contributed by atoms with E-state index in [9.17, 15) is 4.79 Å². The van der Waals surface area contributed by atoms with Crippen LogP contribution in [-0.2, 0) is 4.79 Å². The SMILES string of the molecule is CCOc1cc(/C=C/C=C/C(=O)NCCO)cc(OCC)c1OCC.O=[N+]([O-])O. The molecule has 0 aliphatic heterocycles. The van der Waals surface area contributed by atoms with Crippen LogP contribution in [0.4, 0.5) is 0 Å². The molecule has 1 rings (SSSR count). The first-order chi connectivity index (χ1) is 13.9. The van der Waals surface area contributed by atoms with Crippen LogP contribution in [0.1, 0.15) is 26.3 Å². The van der Waals surface area contributed by atoms with Gasteiger partial charge in [0.1, 0.15) is 0 Å². The van der Waals surface area contributed by atoms with Gasteiger partial charge in [-0.3, -0.25) is 4.79 Å². The van der Waals surface area contributed by atoms with Crippen molar-refractivity contribution in [3.8, 4) is 17.2 Å². The van der Waals surface area contributed by atoms with E-state index < -0.39 is 5.09 Å². The van der Waals surface area contributed by atoms with Gasteiger partial charge in [-0.2, -0.15) is 0 Å². The smallest absolute Gasteiger partial charge is 0.291 e. The lowest BCUT2D eigenvalue weighted by molar-refractivity contribution is -0.742. The summed E-state index contributed by atoms with van der Waals surface area (Å²) in [6, 6.07) is 3.74. The van der Waals surface area contributed by atoms with Crippen molar-refractivity contribution in [3.05, 3.63) is 46.0 Å². The number of hydrogen-bond donors (Lipinski definition) is 3. The molecule has 1 aromatic rings. The summed E-state index contributed by atoms with van der Waals surface area (Å²) in [6.45, 7) is 7.43. The first kappa shape index (κ1) is 25.7. The van der Waals surface area contributed by atoms with Crippen molar-refractivity contribution in [1.29, 1.82) is 0 Å². The summed E-state index contributed by atoms with van der Waals surface area (Å²) < 4.78 is 17.0. The van der Waals surface area contributed by atoms with Crippen molar-refractivity contribution < 1.29 is 34.4 Å². The molecule has 0 heterocycles. The lowest BCUT2D eigenvalue weighted by Gasteiger charge is -2.16.